The quantitative estimate of drug-likeness (QED) is 0.724. The van der Waals surface area contributed by atoms with Gasteiger partial charge in [-0.25, -0.2) is 0 Å². The van der Waals surface area contributed by atoms with Gasteiger partial charge >= 0.3 is 0 Å². The van der Waals surface area contributed by atoms with Crippen LogP contribution in [0.4, 0.5) is 0 Å². The SMILES string of the molecule is C/C=C(\C)B(c1c(C)cc(C)cc1C)c1c(C)cc(C)cc1C. The Balaban J connectivity index is 2.80. The van der Waals surface area contributed by atoms with Gasteiger partial charge in [0, 0.05) is 0 Å². The Kier molecular flexibility index (Phi) is 5.19. The second-order valence-corrected chi connectivity index (χ2v) is 7.09. The smallest absolute Gasteiger partial charge is 0.0981 e. The van der Waals surface area contributed by atoms with Gasteiger partial charge in [0.25, 0.3) is 0 Å². The lowest BCUT2D eigenvalue weighted by Crippen LogP contribution is -2.48. The predicted octanol–water partition coefficient (Wildman–Crippen LogP) is 4.65. The maximum atomic E-state index is 2.32. The van der Waals surface area contributed by atoms with Crippen LogP contribution in [-0.2, 0) is 0 Å². The molecule has 1 heteroatoms. The summed E-state index contributed by atoms with van der Waals surface area (Å²) < 4.78 is 0. The Hall–Kier alpha value is -1.76. The topological polar surface area (TPSA) is 0 Å². The molecule has 0 aliphatic carbocycles. The molecule has 0 atom stereocenters. The first-order chi connectivity index (χ1) is 10.8. The van der Waals surface area contributed by atoms with Crippen LogP contribution in [0.5, 0.6) is 0 Å². The molecule has 2 aromatic carbocycles. The summed E-state index contributed by atoms with van der Waals surface area (Å²) in [5, 5.41) is 0. The molecule has 2 rings (SSSR count). The van der Waals surface area contributed by atoms with Crippen LogP contribution < -0.4 is 10.9 Å². The first-order valence-electron chi connectivity index (χ1n) is 8.54. The minimum absolute atomic E-state index is 0.348. The van der Waals surface area contributed by atoms with Crippen molar-refractivity contribution in [2.45, 2.75) is 55.4 Å². The molecular weight excluding hydrogens is 275 g/mol. The molecule has 0 unspecified atom stereocenters. The molecule has 0 saturated carbocycles. The van der Waals surface area contributed by atoms with E-state index in [4.69, 9.17) is 0 Å². The molecule has 2 aromatic rings. The van der Waals surface area contributed by atoms with E-state index >= 15 is 0 Å². The van der Waals surface area contributed by atoms with Gasteiger partial charge in [-0.15, -0.1) is 0 Å². The molecule has 0 spiro atoms. The molecule has 120 valence electrons. The van der Waals surface area contributed by atoms with E-state index in [-0.39, 0.29) is 0 Å². The van der Waals surface area contributed by atoms with E-state index in [1.165, 1.54) is 49.8 Å². The average molecular weight is 304 g/mol. The van der Waals surface area contributed by atoms with Gasteiger partial charge in [0.1, 0.15) is 0 Å². The van der Waals surface area contributed by atoms with E-state index in [1.807, 2.05) is 0 Å². The highest BCUT2D eigenvalue weighted by Gasteiger charge is 2.27. The molecule has 0 N–H and O–H groups in total. The summed E-state index contributed by atoms with van der Waals surface area (Å²) in [6.45, 7) is 18.2. The summed E-state index contributed by atoms with van der Waals surface area (Å²) in [4.78, 5) is 0. The summed E-state index contributed by atoms with van der Waals surface area (Å²) in [5.41, 5.74) is 12.6. The van der Waals surface area contributed by atoms with E-state index in [0.29, 0.717) is 6.71 Å². The maximum absolute atomic E-state index is 2.32. The average Bonchev–Trinajstić information content (AvgIpc) is 2.42. The van der Waals surface area contributed by atoms with Crippen molar-refractivity contribution in [1.82, 2.24) is 0 Å². The monoisotopic (exact) mass is 304 g/mol. The van der Waals surface area contributed by atoms with E-state index < -0.39 is 0 Å². The van der Waals surface area contributed by atoms with Gasteiger partial charge in [-0.2, -0.15) is 0 Å². The van der Waals surface area contributed by atoms with E-state index in [2.05, 4.69) is 85.7 Å². The molecule has 0 heterocycles. The van der Waals surface area contributed by atoms with E-state index in [0.717, 1.165) is 0 Å². The number of hydrogen-bond donors (Lipinski definition) is 0. The molecule has 0 aliphatic heterocycles. The standard InChI is InChI=1S/C22H29B/c1-9-20(8)23(21-16(4)10-14(2)11-17(21)5)22-18(6)12-15(3)13-19(22)7/h9-13H,1-8H3/b20-9+. The number of aryl methyl sites for hydroxylation is 6. The number of allylic oxidation sites excluding steroid dienone is 2. The molecule has 0 fully saturated rings. The van der Waals surface area contributed by atoms with Gasteiger partial charge in [-0.05, 0) is 48.5 Å². The molecule has 0 aromatic heterocycles. The zero-order chi connectivity index (χ0) is 17.3. The van der Waals surface area contributed by atoms with Crippen LogP contribution >= 0.6 is 0 Å². The molecule has 0 saturated heterocycles. The van der Waals surface area contributed by atoms with Crippen molar-refractivity contribution in [3.05, 3.63) is 69.2 Å². The van der Waals surface area contributed by atoms with Crippen molar-refractivity contribution >= 4 is 17.6 Å². The van der Waals surface area contributed by atoms with Crippen LogP contribution in [0.15, 0.2) is 35.8 Å². The fourth-order valence-electron chi connectivity index (χ4n) is 4.06. The Bertz CT molecular complexity index is 662. The Labute approximate surface area is 142 Å². The van der Waals surface area contributed by atoms with Gasteiger partial charge in [0.2, 0.25) is 6.71 Å². The highest BCUT2D eigenvalue weighted by Crippen LogP contribution is 2.15. The van der Waals surface area contributed by atoms with Gasteiger partial charge in [-0.1, -0.05) is 87.0 Å². The van der Waals surface area contributed by atoms with Crippen molar-refractivity contribution in [3.63, 3.8) is 0 Å². The van der Waals surface area contributed by atoms with Crippen molar-refractivity contribution in [3.8, 4) is 0 Å². The van der Waals surface area contributed by atoms with Crippen LogP contribution in [-0.4, -0.2) is 6.71 Å². The summed E-state index contributed by atoms with van der Waals surface area (Å²) in [7, 11) is 0. The fourth-order valence-corrected chi connectivity index (χ4v) is 4.06. The minimum Gasteiger partial charge on any atom is -0.0981 e. The number of benzene rings is 2. The van der Waals surface area contributed by atoms with Gasteiger partial charge in [-0.3, -0.25) is 0 Å². The minimum atomic E-state index is 0.348. The zero-order valence-electron chi connectivity index (χ0n) is 16.0. The van der Waals surface area contributed by atoms with Crippen LogP contribution in [0.1, 0.15) is 47.2 Å². The maximum Gasteiger partial charge on any atom is 0.237 e. The first-order valence-corrected chi connectivity index (χ1v) is 8.54. The molecule has 0 radical (unpaired) electrons. The van der Waals surface area contributed by atoms with Crippen molar-refractivity contribution in [2.75, 3.05) is 0 Å². The van der Waals surface area contributed by atoms with Crippen LogP contribution in [0, 0.1) is 41.5 Å². The normalized spacial score (nSPS) is 11.7. The highest BCUT2D eigenvalue weighted by molar-refractivity contribution is 6.92. The lowest BCUT2D eigenvalue weighted by Gasteiger charge is -2.24. The Morgan fingerprint density at radius 3 is 1.26 bits per heavy atom. The third kappa shape index (κ3) is 3.44. The number of rotatable bonds is 3. The predicted molar refractivity (Wildman–Crippen MR) is 106 cm³/mol. The van der Waals surface area contributed by atoms with Gasteiger partial charge < -0.3 is 0 Å². The van der Waals surface area contributed by atoms with Crippen molar-refractivity contribution in [1.29, 1.82) is 0 Å². The van der Waals surface area contributed by atoms with Gasteiger partial charge in [0.05, 0.1) is 0 Å². The van der Waals surface area contributed by atoms with Crippen molar-refractivity contribution < 1.29 is 0 Å². The molecule has 0 amide bonds. The lowest BCUT2D eigenvalue weighted by molar-refractivity contribution is 1.33. The highest BCUT2D eigenvalue weighted by atomic mass is 14.1. The van der Waals surface area contributed by atoms with E-state index in [9.17, 15) is 0 Å². The summed E-state index contributed by atoms with van der Waals surface area (Å²) in [6, 6.07) is 9.27. The molecular formula is C22H29B. The third-order valence-corrected chi connectivity index (χ3v) is 4.96. The van der Waals surface area contributed by atoms with E-state index in [1.54, 1.807) is 0 Å². The molecule has 0 aliphatic rings. The fraction of sp³-hybridized carbons (Fsp3) is 0.364. The zero-order valence-corrected chi connectivity index (χ0v) is 16.0. The van der Waals surface area contributed by atoms with Crippen LogP contribution in [0.2, 0.25) is 0 Å². The summed E-state index contributed by atoms with van der Waals surface area (Å²) in [5.74, 6) is 0. The number of hydrogen-bond acceptors (Lipinski definition) is 0. The second-order valence-electron chi connectivity index (χ2n) is 7.09. The van der Waals surface area contributed by atoms with Crippen LogP contribution in [0.25, 0.3) is 0 Å². The second kappa shape index (κ2) is 6.78. The molecule has 23 heavy (non-hydrogen) atoms. The third-order valence-electron chi connectivity index (χ3n) is 4.96. The van der Waals surface area contributed by atoms with Crippen LogP contribution in [0.3, 0.4) is 0 Å². The molecule has 0 bridgehead atoms. The Morgan fingerprint density at radius 2 is 1.00 bits per heavy atom. The Morgan fingerprint density at radius 1 is 0.696 bits per heavy atom. The largest absolute Gasteiger partial charge is 0.237 e. The molecule has 0 nitrogen and oxygen atoms in total. The van der Waals surface area contributed by atoms with Gasteiger partial charge in [0.15, 0.2) is 0 Å². The first kappa shape index (κ1) is 17.6. The lowest BCUT2D eigenvalue weighted by atomic mass is 9.34. The summed E-state index contributed by atoms with van der Waals surface area (Å²) >= 11 is 0. The summed E-state index contributed by atoms with van der Waals surface area (Å²) in [6.07, 6.45) is 2.27. The van der Waals surface area contributed by atoms with Crippen molar-refractivity contribution in [2.24, 2.45) is 0 Å².